The van der Waals surface area contributed by atoms with Crippen LogP contribution >= 0.6 is 11.6 Å². The number of nitrogen functional groups attached to an aromatic ring is 1. The first kappa shape index (κ1) is 12.1. The molecule has 4 heteroatoms. The van der Waals surface area contributed by atoms with Gasteiger partial charge in [-0.05, 0) is 18.2 Å². The molecule has 0 aliphatic carbocycles. The fraction of sp³-hybridized carbons (Fsp3) is 0.308. The molecule has 3 nitrogen and oxygen atoms in total. The lowest BCUT2D eigenvalue weighted by molar-refractivity contribution is 0.573. The molecule has 0 spiro atoms. The summed E-state index contributed by atoms with van der Waals surface area (Å²) in [4.78, 5) is 4.65. The number of aromatic nitrogens is 1. The van der Waals surface area contributed by atoms with E-state index < -0.39 is 0 Å². The lowest BCUT2D eigenvalue weighted by atomic mass is 9.90. The number of nitrogens with two attached hydrogens (primary N) is 1. The molecule has 0 amide bonds. The van der Waals surface area contributed by atoms with E-state index >= 15 is 0 Å². The van der Waals surface area contributed by atoms with E-state index in [1.807, 2.05) is 24.3 Å². The van der Waals surface area contributed by atoms with Crippen molar-refractivity contribution < 1.29 is 0 Å². The van der Waals surface area contributed by atoms with E-state index in [1.54, 1.807) is 0 Å². The minimum Gasteiger partial charge on any atom is -0.322 e. The molecule has 2 rings (SSSR count). The first-order valence-electron chi connectivity index (χ1n) is 5.49. The Kier molecular flexibility index (Phi) is 2.98. The predicted molar refractivity (Wildman–Crippen MR) is 73.3 cm³/mol. The zero-order valence-corrected chi connectivity index (χ0v) is 11.0. The Hall–Kier alpha value is -1.32. The highest BCUT2D eigenvalue weighted by molar-refractivity contribution is 6.31. The van der Waals surface area contributed by atoms with Crippen molar-refractivity contribution >= 4 is 28.2 Å². The van der Waals surface area contributed by atoms with Crippen molar-refractivity contribution in [3.63, 3.8) is 0 Å². The van der Waals surface area contributed by atoms with Gasteiger partial charge in [-0.3, -0.25) is 10.8 Å². The van der Waals surface area contributed by atoms with Crippen LogP contribution in [0.1, 0.15) is 26.5 Å². The van der Waals surface area contributed by atoms with Gasteiger partial charge in [0.2, 0.25) is 0 Å². The first-order chi connectivity index (χ1) is 7.91. The number of nitrogens with one attached hydrogen (secondary N) is 1. The molecule has 1 aromatic heterocycles. The molecule has 0 fully saturated rings. The van der Waals surface area contributed by atoms with E-state index in [0.29, 0.717) is 5.02 Å². The second kappa shape index (κ2) is 4.17. The Labute approximate surface area is 106 Å². The Bertz CT molecular complexity index is 558. The van der Waals surface area contributed by atoms with Gasteiger partial charge in [-0.2, -0.15) is 0 Å². The van der Waals surface area contributed by atoms with Crippen LogP contribution in [0.4, 0.5) is 5.69 Å². The summed E-state index contributed by atoms with van der Waals surface area (Å²) in [5.41, 5.74) is 5.33. The van der Waals surface area contributed by atoms with Gasteiger partial charge in [-0.25, -0.2) is 0 Å². The van der Waals surface area contributed by atoms with E-state index in [-0.39, 0.29) is 5.41 Å². The summed E-state index contributed by atoms with van der Waals surface area (Å²) in [5, 5.41) is 1.72. The van der Waals surface area contributed by atoms with Crippen LogP contribution in [0, 0.1) is 0 Å². The average Bonchev–Trinajstić information content (AvgIpc) is 2.26. The molecular formula is C13H16ClN3. The first-order valence-corrected chi connectivity index (χ1v) is 5.87. The molecule has 17 heavy (non-hydrogen) atoms. The third-order valence-electron chi connectivity index (χ3n) is 2.65. The molecule has 0 radical (unpaired) electrons. The smallest absolute Gasteiger partial charge is 0.0722 e. The molecule has 0 saturated carbocycles. The minimum atomic E-state index is -0.0712. The SMILES string of the molecule is CC(C)(C)c1nc2cc(Cl)ccc2cc1NN. The molecule has 3 N–H and O–H groups in total. The van der Waals surface area contributed by atoms with Gasteiger partial charge in [0.05, 0.1) is 16.9 Å². The van der Waals surface area contributed by atoms with Crippen LogP contribution in [0.3, 0.4) is 0 Å². The molecule has 0 atom stereocenters. The van der Waals surface area contributed by atoms with Crippen LogP contribution in [-0.2, 0) is 5.41 Å². The standard InChI is InChI=1S/C13H16ClN3/c1-13(2,3)12-11(17-15)6-8-4-5-9(14)7-10(8)16-12/h4-7,17H,15H2,1-3H3. The van der Waals surface area contributed by atoms with Crippen LogP contribution in [-0.4, -0.2) is 4.98 Å². The maximum absolute atomic E-state index is 5.98. The van der Waals surface area contributed by atoms with E-state index in [2.05, 4.69) is 31.2 Å². The molecule has 1 heterocycles. The fourth-order valence-electron chi connectivity index (χ4n) is 1.82. The molecule has 0 saturated heterocycles. The van der Waals surface area contributed by atoms with E-state index in [4.69, 9.17) is 17.4 Å². The average molecular weight is 250 g/mol. The van der Waals surface area contributed by atoms with Crippen molar-refractivity contribution in [2.24, 2.45) is 5.84 Å². The number of hydrogen-bond acceptors (Lipinski definition) is 3. The largest absolute Gasteiger partial charge is 0.322 e. The molecular weight excluding hydrogens is 234 g/mol. The Morgan fingerprint density at radius 2 is 1.94 bits per heavy atom. The maximum atomic E-state index is 5.98. The summed E-state index contributed by atoms with van der Waals surface area (Å²) in [6.45, 7) is 6.31. The fourth-order valence-corrected chi connectivity index (χ4v) is 1.99. The van der Waals surface area contributed by atoms with Crippen LogP contribution in [0.25, 0.3) is 10.9 Å². The van der Waals surface area contributed by atoms with Gasteiger partial charge in [-0.1, -0.05) is 38.4 Å². The second-order valence-electron chi connectivity index (χ2n) is 5.12. The minimum absolute atomic E-state index is 0.0712. The monoisotopic (exact) mass is 249 g/mol. The molecule has 0 aliphatic heterocycles. The summed E-state index contributed by atoms with van der Waals surface area (Å²) in [6.07, 6.45) is 0. The van der Waals surface area contributed by atoms with Crippen molar-refractivity contribution in [2.45, 2.75) is 26.2 Å². The highest BCUT2D eigenvalue weighted by atomic mass is 35.5. The van der Waals surface area contributed by atoms with Gasteiger partial charge in [-0.15, -0.1) is 0 Å². The lowest BCUT2D eigenvalue weighted by Crippen LogP contribution is -2.19. The van der Waals surface area contributed by atoms with Crippen molar-refractivity contribution in [1.29, 1.82) is 0 Å². The van der Waals surface area contributed by atoms with Crippen LogP contribution in [0.5, 0.6) is 0 Å². The van der Waals surface area contributed by atoms with Crippen molar-refractivity contribution in [3.8, 4) is 0 Å². The predicted octanol–water partition coefficient (Wildman–Crippen LogP) is 3.47. The number of hydrogen-bond donors (Lipinski definition) is 2. The lowest BCUT2D eigenvalue weighted by Gasteiger charge is -2.21. The van der Waals surface area contributed by atoms with Gasteiger partial charge < -0.3 is 5.43 Å². The Morgan fingerprint density at radius 1 is 1.24 bits per heavy atom. The number of rotatable bonds is 1. The number of nitrogens with zero attached hydrogens (tertiary/aromatic N) is 1. The van der Waals surface area contributed by atoms with Gasteiger partial charge >= 0.3 is 0 Å². The summed E-state index contributed by atoms with van der Waals surface area (Å²) in [6, 6.07) is 7.66. The van der Waals surface area contributed by atoms with Crippen molar-refractivity contribution in [1.82, 2.24) is 4.98 Å². The second-order valence-corrected chi connectivity index (χ2v) is 5.55. The third-order valence-corrected chi connectivity index (χ3v) is 2.88. The Morgan fingerprint density at radius 3 is 2.53 bits per heavy atom. The number of anilines is 1. The number of pyridine rings is 1. The van der Waals surface area contributed by atoms with Gasteiger partial charge in [0.15, 0.2) is 0 Å². The molecule has 2 aromatic rings. The molecule has 0 aliphatic rings. The molecule has 0 unspecified atom stereocenters. The van der Waals surface area contributed by atoms with Gasteiger partial charge in [0, 0.05) is 15.8 Å². The van der Waals surface area contributed by atoms with Crippen LogP contribution in [0.2, 0.25) is 5.02 Å². The summed E-state index contributed by atoms with van der Waals surface area (Å²) >= 11 is 5.98. The highest BCUT2D eigenvalue weighted by Gasteiger charge is 2.20. The number of benzene rings is 1. The van der Waals surface area contributed by atoms with E-state index in [0.717, 1.165) is 22.3 Å². The van der Waals surface area contributed by atoms with E-state index in [9.17, 15) is 0 Å². The van der Waals surface area contributed by atoms with Crippen molar-refractivity contribution in [2.75, 3.05) is 5.43 Å². The number of fused-ring (bicyclic) bond motifs is 1. The Balaban J connectivity index is 2.74. The van der Waals surface area contributed by atoms with Crippen molar-refractivity contribution in [3.05, 3.63) is 35.0 Å². The zero-order valence-electron chi connectivity index (χ0n) is 10.2. The maximum Gasteiger partial charge on any atom is 0.0722 e. The normalized spacial score (nSPS) is 11.8. The molecule has 90 valence electrons. The quantitative estimate of drug-likeness (QED) is 0.601. The topological polar surface area (TPSA) is 50.9 Å². The van der Waals surface area contributed by atoms with Crippen LogP contribution in [0.15, 0.2) is 24.3 Å². The van der Waals surface area contributed by atoms with Crippen LogP contribution < -0.4 is 11.3 Å². The third kappa shape index (κ3) is 2.35. The highest BCUT2D eigenvalue weighted by Crippen LogP contribution is 2.30. The zero-order chi connectivity index (χ0) is 12.6. The summed E-state index contributed by atoms with van der Waals surface area (Å²) in [5.74, 6) is 5.55. The van der Waals surface area contributed by atoms with Gasteiger partial charge in [0.25, 0.3) is 0 Å². The summed E-state index contributed by atoms with van der Waals surface area (Å²) in [7, 11) is 0. The molecule has 1 aromatic carbocycles. The van der Waals surface area contributed by atoms with Gasteiger partial charge in [0.1, 0.15) is 0 Å². The number of halogens is 1. The molecule has 0 bridgehead atoms. The van der Waals surface area contributed by atoms with E-state index in [1.165, 1.54) is 0 Å². The number of hydrazine groups is 1. The summed E-state index contributed by atoms with van der Waals surface area (Å²) < 4.78 is 0.